The molecule has 2 fully saturated rings. The molecule has 3 aliphatic rings. The van der Waals surface area contributed by atoms with Crippen molar-refractivity contribution < 1.29 is 18.0 Å². The Kier molecular flexibility index (Phi) is 4.50. The zero-order chi connectivity index (χ0) is 19.3. The fourth-order valence-corrected chi connectivity index (χ4v) is 6.10. The van der Waals surface area contributed by atoms with E-state index in [9.17, 15) is 18.0 Å². The molecule has 0 spiro atoms. The average molecular weight is 391 g/mol. The lowest BCUT2D eigenvalue weighted by Gasteiger charge is -2.31. The van der Waals surface area contributed by atoms with Gasteiger partial charge in [-0.15, -0.1) is 0 Å². The Morgan fingerprint density at radius 3 is 2.67 bits per heavy atom. The molecule has 27 heavy (non-hydrogen) atoms. The van der Waals surface area contributed by atoms with Crippen LogP contribution in [0.15, 0.2) is 23.1 Å². The van der Waals surface area contributed by atoms with Crippen molar-refractivity contribution in [3.63, 3.8) is 0 Å². The summed E-state index contributed by atoms with van der Waals surface area (Å²) in [6.07, 6.45) is 2.97. The first kappa shape index (κ1) is 18.4. The van der Waals surface area contributed by atoms with Crippen molar-refractivity contribution in [2.24, 2.45) is 11.8 Å². The largest absolute Gasteiger partial charge is 0.345 e. The van der Waals surface area contributed by atoms with Crippen LogP contribution in [0.3, 0.4) is 0 Å². The van der Waals surface area contributed by atoms with Crippen molar-refractivity contribution in [1.29, 1.82) is 0 Å². The zero-order valence-electron chi connectivity index (χ0n) is 15.6. The highest BCUT2D eigenvalue weighted by Crippen LogP contribution is 2.41. The van der Waals surface area contributed by atoms with E-state index >= 15 is 0 Å². The molecule has 1 N–H and O–H groups in total. The smallest absolute Gasteiger partial charge is 0.243 e. The Labute approximate surface area is 159 Å². The van der Waals surface area contributed by atoms with E-state index in [1.807, 2.05) is 7.05 Å². The fourth-order valence-electron chi connectivity index (χ4n) is 4.67. The molecule has 2 amide bonds. The minimum absolute atomic E-state index is 0.0386. The number of carbonyl (C=O) groups excluding carboxylic acids is 2. The average Bonchev–Trinajstić information content (AvgIpc) is 3.03. The molecule has 1 saturated carbocycles. The third-order valence-electron chi connectivity index (χ3n) is 6.35. The standard InChI is InChI=1S/C19H25N3O4S/c1-21-11-14-8-15(7-13(14)10-19(21)24)22(2)27(25,26)16-4-5-17-12(9-16)3-6-18(23)20-17/h4-5,9,13-15H,3,6-8,10-11H2,1-2H3,(H,20,23)/t13-,14+,15-/m0/s1. The number of rotatable bonds is 3. The van der Waals surface area contributed by atoms with Gasteiger partial charge >= 0.3 is 0 Å². The van der Waals surface area contributed by atoms with Crippen molar-refractivity contribution in [3.8, 4) is 0 Å². The van der Waals surface area contributed by atoms with Crippen LogP contribution in [0.2, 0.25) is 0 Å². The Balaban J connectivity index is 1.54. The number of sulfonamides is 1. The zero-order valence-corrected chi connectivity index (χ0v) is 16.5. The molecule has 1 aliphatic carbocycles. The summed E-state index contributed by atoms with van der Waals surface area (Å²) in [5, 5.41) is 2.78. The first-order valence-corrected chi connectivity index (χ1v) is 10.8. The molecule has 0 bridgehead atoms. The molecule has 146 valence electrons. The number of likely N-dealkylation sites (tertiary alicyclic amines) is 1. The van der Waals surface area contributed by atoms with Gasteiger partial charge in [-0.3, -0.25) is 9.59 Å². The Bertz CT molecular complexity index is 898. The second-order valence-electron chi connectivity index (χ2n) is 8.01. The predicted octanol–water partition coefficient (Wildman–Crippen LogP) is 1.45. The minimum Gasteiger partial charge on any atom is -0.345 e. The molecule has 4 rings (SSSR count). The quantitative estimate of drug-likeness (QED) is 0.845. The van der Waals surface area contributed by atoms with E-state index in [0.29, 0.717) is 37.4 Å². The second kappa shape index (κ2) is 6.60. The molecule has 0 radical (unpaired) electrons. The van der Waals surface area contributed by atoms with Crippen molar-refractivity contribution in [2.75, 3.05) is 26.0 Å². The Hall–Kier alpha value is -1.93. The van der Waals surface area contributed by atoms with Gasteiger partial charge in [-0.25, -0.2) is 8.42 Å². The number of nitrogens with one attached hydrogen (secondary N) is 1. The van der Waals surface area contributed by atoms with Crippen molar-refractivity contribution in [3.05, 3.63) is 23.8 Å². The van der Waals surface area contributed by atoms with Crippen LogP contribution in [-0.4, -0.2) is 56.1 Å². The molecule has 3 atom stereocenters. The lowest BCUT2D eigenvalue weighted by molar-refractivity contribution is -0.134. The summed E-state index contributed by atoms with van der Waals surface area (Å²) in [6.45, 7) is 0.715. The van der Waals surface area contributed by atoms with Gasteiger partial charge in [0.25, 0.3) is 0 Å². The van der Waals surface area contributed by atoms with E-state index < -0.39 is 10.0 Å². The lowest BCUT2D eigenvalue weighted by atomic mass is 9.88. The normalized spacial score (nSPS) is 28.1. The summed E-state index contributed by atoms with van der Waals surface area (Å²) < 4.78 is 27.8. The number of fused-ring (bicyclic) bond motifs is 2. The summed E-state index contributed by atoms with van der Waals surface area (Å²) in [4.78, 5) is 25.5. The molecule has 1 aromatic carbocycles. The summed E-state index contributed by atoms with van der Waals surface area (Å²) in [5.41, 5.74) is 1.55. The third kappa shape index (κ3) is 3.25. The maximum Gasteiger partial charge on any atom is 0.243 e. The summed E-state index contributed by atoms with van der Waals surface area (Å²) in [6, 6.07) is 4.84. The third-order valence-corrected chi connectivity index (χ3v) is 8.26. The number of aryl methyl sites for hydroxylation is 1. The molecular weight excluding hydrogens is 366 g/mol. The van der Waals surface area contributed by atoms with Gasteiger partial charge in [-0.05, 0) is 54.9 Å². The van der Waals surface area contributed by atoms with E-state index in [4.69, 9.17) is 0 Å². The van der Waals surface area contributed by atoms with Crippen LogP contribution >= 0.6 is 0 Å². The fraction of sp³-hybridized carbons (Fsp3) is 0.579. The molecule has 0 aromatic heterocycles. The molecule has 1 saturated heterocycles. The highest BCUT2D eigenvalue weighted by molar-refractivity contribution is 7.89. The second-order valence-corrected chi connectivity index (χ2v) is 10.0. The highest BCUT2D eigenvalue weighted by atomic mass is 32.2. The topological polar surface area (TPSA) is 86.8 Å². The first-order chi connectivity index (χ1) is 12.8. The van der Waals surface area contributed by atoms with Crippen LogP contribution in [0.25, 0.3) is 0 Å². The maximum atomic E-state index is 13.2. The molecule has 8 heteroatoms. The lowest BCUT2D eigenvalue weighted by Crippen LogP contribution is -2.39. The van der Waals surface area contributed by atoms with Crippen molar-refractivity contribution in [2.45, 2.75) is 43.0 Å². The monoisotopic (exact) mass is 391 g/mol. The van der Waals surface area contributed by atoms with Crippen molar-refractivity contribution >= 4 is 27.5 Å². The Morgan fingerprint density at radius 1 is 1.15 bits per heavy atom. The number of nitrogens with zero attached hydrogens (tertiary/aromatic N) is 2. The van der Waals surface area contributed by atoms with Crippen LogP contribution < -0.4 is 5.32 Å². The first-order valence-electron chi connectivity index (χ1n) is 9.40. The number of piperidine rings is 1. The van der Waals surface area contributed by atoms with Crippen LogP contribution in [0.1, 0.15) is 31.2 Å². The van der Waals surface area contributed by atoms with Gasteiger partial charge in [0.15, 0.2) is 0 Å². The van der Waals surface area contributed by atoms with E-state index in [1.165, 1.54) is 4.31 Å². The number of hydrogen-bond donors (Lipinski definition) is 1. The van der Waals surface area contributed by atoms with Gasteiger partial charge in [0.2, 0.25) is 21.8 Å². The highest BCUT2D eigenvalue weighted by Gasteiger charge is 2.43. The number of hydrogen-bond acceptors (Lipinski definition) is 4. The van der Waals surface area contributed by atoms with Crippen LogP contribution in [-0.2, 0) is 26.0 Å². The number of anilines is 1. The number of carbonyl (C=O) groups is 2. The van der Waals surface area contributed by atoms with Gasteiger partial charge < -0.3 is 10.2 Å². The summed E-state index contributed by atoms with van der Waals surface area (Å²) >= 11 is 0. The van der Waals surface area contributed by atoms with Gasteiger partial charge in [0, 0.05) is 45.2 Å². The predicted molar refractivity (Wildman–Crippen MR) is 101 cm³/mol. The van der Waals surface area contributed by atoms with Gasteiger partial charge in [-0.1, -0.05) is 0 Å². The van der Waals surface area contributed by atoms with Crippen LogP contribution in [0.4, 0.5) is 5.69 Å². The van der Waals surface area contributed by atoms with Crippen LogP contribution in [0, 0.1) is 11.8 Å². The maximum absolute atomic E-state index is 13.2. The minimum atomic E-state index is -3.62. The SMILES string of the molecule is CN1C[C@H]2C[C@@H](N(C)S(=O)(=O)c3ccc4c(c3)CCC(=O)N4)C[C@H]2CC1=O. The van der Waals surface area contributed by atoms with Gasteiger partial charge in [0.1, 0.15) is 0 Å². The van der Waals surface area contributed by atoms with Crippen molar-refractivity contribution in [1.82, 2.24) is 9.21 Å². The molecule has 7 nitrogen and oxygen atoms in total. The van der Waals surface area contributed by atoms with E-state index in [-0.39, 0.29) is 28.7 Å². The molecule has 2 heterocycles. The van der Waals surface area contributed by atoms with E-state index in [2.05, 4.69) is 5.32 Å². The van der Waals surface area contributed by atoms with Gasteiger partial charge in [-0.2, -0.15) is 4.31 Å². The number of benzene rings is 1. The molecule has 1 aromatic rings. The van der Waals surface area contributed by atoms with E-state index in [0.717, 1.165) is 18.4 Å². The Morgan fingerprint density at radius 2 is 1.89 bits per heavy atom. The van der Waals surface area contributed by atoms with Gasteiger partial charge in [0.05, 0.1) is 4.90 Å². The number of amides is 2. The van der Waals surface area contributed by atoms with E-state index in [1.54, 1.807) is 30.1 Å². The molecular formula is C19H25N3O4S. The summed E-state index contributed by atoms with van der Waals surface area (Å²) in [5.74, 6) is 0.756. The van der Waals surface area contributed by atoms with Crippen LogP contribution in [0.5, 0.6) is 0 Å². The summed E-state index contributed by atoms with van der Waals surface area (Å²) in [7, 11) is -0.157. The molecule has 0 unspecified atom stereocenters. The molecule has 2 aliphatic heterocycles.